The fraction of sp³-hybridized carbons (Fsp3) is 0.176. The van der Waals surface area contributed by atoms with E-state index in [-0.39, 0.29) is 5.82 Å². The van der Waals surface area contributed by atoms with Crippen LogP contribution in [0.2, 0.25) is 0 Å². The highest BCUT2D eigenvalue weighted by molar-refractivity contribution is 7.98. The molecule has 23 heavy (non-hydrogen) atoms. The lowest BCUT2D eigenvalue weighted by Crippen LogP contribution is -2.36. The normalized spacial score (nSPS) is 10.2. The van der Waals surface area contributed by atoms with Crippen LogP contribution < -0.4 is 10.6 Å². The molecule has 0 saturated carbocycles. The van der Waals surface area contributed by atoms with Crippen LogP contribution in [0.3, 0.4) is 0 Å². The van der Waals surface area contributed by atoms with Gasteiger partial charge in [-0.2, -0.15) is 0 Å². The number of halogens is 1. The molecule has 0 heterocycles. The molecule has 2 amide bonds. The van der Waals surface area contributed by atoms with Gasteiger partial charge in [-0.25, -0.2) is 4.39 Å². The van der Waals surface area contributed by atoms with Crippen molar-refractivity contribution >= 4 is 29.3 Å². The zero-order valence-corrected chi connectivity index (χ0v) is 13.5. The first-order chi connectivity index (χ1) is 11.1. The smallest absolute Gasteiger partial charge is 0.313 e. The Balaban J connectivity index is 1.80. The number of hydrogen-bond acceptors (Lipinski definition) is 3. The van der Waals surface area contributed by atoms with E-state index in [1.165, 1.54) is 12.1 Å². The minimum absolute atomic E-state index is 0.301. The highest BCUT2D eigenvalue weighted by Gasteiger charge is 2.13. The Morgan fingerprint density at radius 1 is 1.09 bits per heavy atom. The van der Waals surface area contributed by atoms with Crippen LogP contribution in [-0.2, 0) is 16.0 Å². The fourth-order valence-corrected chi connectivity index (χ4v) is 2.40. The lowest BCUT2D eigenvalue weighted by molar-refractivity contribution is -0.136. The monoisotopic (exact) mass is 332 g/mol. The molecule has 120 valence electrons. The number of benzene rings is 2. The van der Waals surface area contributed by atoms with Crippen molar-refractivity contribution in [2.24, 2.45) is 0 Å². The first-order valence-corrected chi connectivity index (χ1v) is 8.28. The highest BCUT2D eigenvalue weighted by atomic mass is 32.2. The van der Waals surface area contributed by atoms with Crippen molar-refractivity contribution in [1.82, 2.24) is 5.32 Å². The maximum atomic E-state index is 12.8. The summed E-state index contributed by atoms with van der Waals surface area (Å²) in [6, 6.07) is 13.3. The molecule has 0 fully saturated rings. The van der Waals surface area contributed by atoms with Gasteiger partial charge in [0.25, 0.3) is 0 Å². The van der Waals surface area contributed by atoms with E-state index < -0.39 is 11.8 Å². The van der Waals surface area contributed by atoms with E-state index in [2.05, 4.69) is 10.6 Å². The molecular weight excluding hydrogens is 315 g/mol. The molecule has 2 N–H and O–H groups in total. The van der Waals surface area contributed by atoms with Crippen molar-refractivity contribution in [2.45, 2.75) is 11.3 Å². The van der Waals surface area contributed by atoms with Gasteiger partial charge in [0.1, 0.15) is 5.82 Å². The number of carbonyl (C=O) groups excluding carboxylic acids is 2. The van der Waals surface area contributed by atoms with Crippen LogP contribution in [-0.4, -0.2) is 24.6 Å². The minimum Gasteiger partial charge on any atom is -0.347 e. The molecule has 0 aliphatic rings. The van der Waals surface area contributed by atoms with E-state index in [1.54, 1.807) is 36.0 Å². The molecule has 0 aliphatic heterocycles. The molecular formula is C17H17FN2O2S. The van der Waals surface area contributed by atoms with Crippen molar-refractivity contribution < 1.29 is 14.0 Å². The molecule has 0 spiro atoms. The second-order valence-corrected chi connectivity index (χ2v) is 5.70. The summed E-state index contributed by atoms with van der Waals surface area (Å²) in [4.78, 5) is 24.6. The third-order valence-electron chi connectivity index (χ3n) is 3.15. The first kappa shape index (κ1) is 17.0. The van der Waals surface area contributed by atoms with Crippen LogP contribution in [0.1, 0.15) is 5.56 Å². The summed E-state index contributed by atoms with van der Waals surface area (Å²) in [6.45, 7) is 0.308. The number of anilines is 1. The lowest BCUT2D eigenvalue weighted by atomic mass is 10.1. The van der Waals surface area contributed by atoms with Crippen molar-refractivity contribution in [2.75, 3.05) is 18.1 Å². The second kappa shape index (κ2) is 8.33. The molecule has 0 atom stereocenters. The predicted octanol–water partition coefficient (Wildman–Crippen LogP) is 2.85. The molecule has 0 saturated heterocycles. The third-order valence-corrected chi connectivity index (χ3v) is 3.87. The molecule has 4 nitrogen and oxygen atoms in total. The Bertz CT molecular complexity index is 689. The van der Waals surface area contributed by atoms with Crippen LogP contribution in [0.4, 0.5) is 10.1 Å². The predicted molar refractivity (Wildman–Crippen MR) is 90.0 cm³/mol. The van der Waals surface area contributed by atoms with Crippen molar-refractivity contribution in [1.29, 1.82) is 0 Å². The molecule has 0 aliphatic carbocycles. The van der Waals surface area contributed by atoms with E-state index >= 15 is 0 Å². The van der Waals surface area contributed by atoms with Gasteiger partial charge in [0.2, 0.25) is 0 Å². The minimum atomic E-state index is -0.706. The van der Waals surface area contributed by atoms with Crippen molar-refractivity contribution in [3.05, 3.63) is 59.9 Å². The molecule has 2 rings (SSSR count). The fourth-order valence-electron chi connectivity index (χ4n) is 1.94. The van der Waals surface area contributed by atoms with Gasteiger partial charge < -0.3 is 10.6 Å². The molecule has 0 unspecified atom stereocenters. The van der Waals surface area contributed by atoms with Gasteiger partial charge in [0, 0.05) is 17.1 Å². The van der Waals surface area contributed by atoms with Gasteiger partial charge >= 0.3 is 11.8 Å². The highest BCUT2D eigenvalue weighted by Crippen LogP contribution is 2.18. The van der Waals surface area contributed by atoms with Crippen LogP contribution in [0.25, 0.3) is 0 Å². The van der Waals surface area contributed by atoms with Crippen molar-refractivity contribution in [3.8, 4) is 0 Å². The van der Waals surface area contributed by atoms with Crippen LogP contribution >= 0.6 is 11.8 Å². The molecule has 2 aromatic carbocycles. The van der Waals surface area contributed by atoms with Crippen molar-refractivity contribution in [3.63, 3.8) is 0 Å². The number of nitrogens with one attached hydrogen (secondary N) is 2. The quantitative estimate of drug-likeness (QED) is 0.654. The number of amides is 2. The Morgan fingerprint density at radius 3 is 2.52 bits per heavy atom. The summed E-state index contributed by atoms with van der Waals surface area (Å²) >= 11 is 1.55. The number of thioether (sulfide) groups is 1. The Morgan fingerprint density at radius 2 is 1.83 bits per heavy atom. The summed E-state index contributed by atoms with van der Waals surface area (Å²) < 4.78 is 12.8. The van der Waals surface area contributed by atoms with E-state index in [4.69, 9.17) is 0 Å². The van der Waals surface area contributed by atoms with E-state index in [9.17, 15) is 14.0 Å². The molecule has 2 aromatic rings. The van der Waals surface area contributed by atoms with Gasteiger partial charge in [-0.1, -0.05) is 18.2 Å². The number of hydrogen-bond donors (Lipinski definition) is 2. The summed E-state index contributed by atoms with van der Waals surface area (Å²) in [5.41, 5.74) is 1.47. The third kappa shape index (κ3) is 5.41. The van der Waals surface area contributed by atoms with E-state index in [0.717, 1.165) is 10.5 Å². The van der Waals surface area contributed by atoms with Crippen LogP contribution in [0, 0.1) is 5.82 Å². The molecule has 0 aromatic heterocycles. The molecule has 0 bridgehead atoms. The summed E-state index contributed by atoms with van der Waals surface area (Å²) in [7, 11) is 0. The maximum absolute atomic E-state index is 12.8. The second-order valence-electron chi connectivity index (χ2n) is 4.82. The van der Waals surface area contributed by atoms with E-state index in [0.29, 0.717) is 18.7 Å². The van der Waals surface area contributed by atoms with Gasteiger partial charge in [-0.05, 0) is 48.6 Å². The Hall–Kier alpha value is -2.34. The summed E-state index contributed by atoms with van der Waals surface area (Å²) in [5.74, 6) is -1.70. The number of carbonyl (C=O) groups is 2. The maximum Gasteiger partial charge on any atom is 0.313 e. The average molecular weight is 332 g/mol. The first-order valence-electron chi connectivity index (χ1n) is 7.06. The number of rotatable bonds is 5. The van der Waals surface area contributed by atoms with E-state index in [1.807, 2.05) is 18.4 Å². The van der Waals surface area contributed by atoms with Gasteiger partial charge in [-0.3, -0.25) is 9.59 Å². The standard InChI is InChI=1S/C17H17FN2O2S/c1-23-15-4-2-3-14(11-15)20-17(22)16(21)19-10-9-12-5-7-13(18)8-6-12/h2-8,11H,9-10H2,1H3,(H,19,21)(H,20,22). The van der Waals surface area contributed by atoms with Crippen LogP contribution in [0.5, 0.6) is 0 Å². The molecule has 6 heteroatoms. The zero-order chi connectivity index (χ0) is 16.7. The Kier molecular flexibility index (Phi) is 6.17. The van der Waals surface area contributed by atoms with Gasteiger partial charge in [0.05, 0.1) is 0 Å². The largest absolute Gasteiger partial charge is 0.347 e. The topological polar surface area (TPSA) is 58.2 Å². The SMILES string of the molecule is CSc1cccc(NC(=O)C(=O)NCCc2ccc(F)cc2)c1. The summed E-state index contributed by atoms with van der Waals surface area (Å²) in [5, 5.41) is 5.10. The lowest BCUT2D eigenvalue weighted by Gasteiger charge is -2.07. The Labute approximate surface area is 138 Å². The van der Waals surface area contributed by atoms with Gasteiger partial charge in [0.15, 0.2) is 0 Å². The molecule has 0 radical (unpaired) electrons. The van der Waals surface area contributed by atoms with Gasteiger partial charge in [-0.15, -0.1) is 11.8 Å². The average Bonchev–Trinajstić information content (AvgIpc) is 2.56. The summed E-state index contributed by atoms with van der Waals surface area (Å²) in [6.07, 6.45) is 2.46. The zero-order valence-electron chi connectivity index (χ0n) is 12.6. The van der Waals surface area contributed by atoms with Crippen LogP contribution in [0.15, 0.2) is 53.4 Å².